The lowest BCUT2D eigenvalue weighted by Gasteiger charge is -2.33. The minimum absolute atomic E-state index is 0.0524. The number of rotatable bonds is 2. The predicted molar refractivity (Wildman–Crippen MR) is 93.6 cm³/mol. The molecule has 124 valence electrons. The largest absolute Gasteiger partial charge is 0.342 e. The average Bonchev–Trinajstić information content (AvgIpc) is 3.10. The van der Waals surface area contributed by atoms with E-state index in [1.54, 1.807) is 17.0 Å². The van der Waals surface area contributed by atoms with E-state index >= 15 is 0 Å². The normalized spacial score (nSPS) is 19.2. The summed E-state index contributed by atoms with van der Waals surface area (Å²) in [5, 5.41) is 0.466. The van der Waals surface area contributed by atoms with Crippen LogP contribution in [0.4, 0.5) is 0 Å². The van der Waals surface area contributed by atoms with Gasteiger partial charge in [-0.15, -0.1) is 0 Å². The van der Waals surface area contributed by atoms with Crippen molar-refractivity contribution in [3.63, 3.8) is 0 Å². The van der Waals surface area contributed by atoms with E-state index in [1.165, 1.54) is 0 Å². The predicted octanol–water partition coefficient (Wildman–Crippen LogP) is 3.58. The van der Waals surface area contributed by atoms with E-state index in [0.29, 0.717) is 23.7 Å². The fourth-order valence-electron chi connectivity index (χ4n) is 3.36. The maximum atomic E-state index is 12.6. The zero-order chi connectivity index (χ0) is 16.4. The molecule has 0 unspecified atom stereocenters. The van der Waals surface area contributed by atoms with Crippen LogP contribution in [0.3, 0.4) is 0 Å². The molecule has 1 aromatic rings. The van der Waals surface area contributed by atoms with Crippen LogP contribution in [0.1, 0.15) is 36.0 Å². The van der Waals surface area contributed by atoms with E-state index in [0.717, 1.165) is 43.2 Å². The Hall–Kier alpha value is -1.07. The molecule has 2 fully saturated rings. The van der Waals surface area contributed by atoms with Gasteiger partial charge in [0.25, 0.3) is 5.91 Å². The summed E-state index contributed by atoms with van der Waals surface area (Å²) >= 11 is 9.52. The fourth-order valence-corrected chi connectivity index (χ4v) is 3.92. The van der Waals surface area contributed by atoms with E-state index in [9.17, 15) is 9.59 Å². The lowest BCUT2D eigenvalue weighted by molar-refractivity contribution is -0.135. The maximum absolute atomic E-state index is 12.6. The van der Waals surface area contributed by atoms with Crippen molar-refractivity contribution in [2.75, 3.05) is 26.2 Å². The standard InChI is InChI=1S/C17H20BrClN2O2/c18-13-3-4-15(19)14(11-13)17(23)21-9-5-12(6-10-21)16(22)20-7-1-2-8-20/h3-4,11-12H,1-2,5-10H2. The summed E-state index contributed by atoms with van der Waals surface area (Å²) in [4.78, 5) is 28.9. The molecule has 2 amide bonds. The second-order valence-electron chi connectivity index (χ2n) is 6.22. The molecule has 0 spiro atoms. The van der Waals surface area contributed by atoms with Crippen molar-refractivity contribution in [1.82, 2.24) is 9.80 Å². The van der Waals surface area contributed by atoms with Crippen LogP contribution in [0.2, 0.25) is 5.02 Å². The van der Waals surface area contributed by atoms with Gasteiger partial charge in [-0.05, 0) is 43.9 Å². The topological polar surface area (TPSA) is 40.6 Å². The SMILES string of the molecule is O=C(c1cc(Br)ccc1Cl)N1CCC(C(=O)N2CCCC2)CC1. The zero-order valence-corrected chi connectivity index (χ0v) is 15.3. The Bertz CT molecular complexity index is 609. The summed E-state index contributed by atoms with van der Waals surface area (Å²) in [6.45, 7) is 3.02. The maximum Gasteiger partial charge on any atom is 0.255 e. The van der Waals surface area contributed by atoms with Gasteiger partial charge in [0.2, 0.25) is 5.91 Å². The Morgan fingerprint density at radius 2 is 1.70 bits per heavy atom. The van der Waals surface area contributed by atoms with Gasteiger partial charge in [0, 0.05) is 36.6 Å². The molecule has 0 saturated carbocycles. The highest BCUT2D eigenvalue weighted by Crippen LogP contribution is 2.26. The Labute approximate surface area is 149 Å². The van der Waals surface area contributed by atoms with Gasteiger partial charge in [-0.25, -0.2) is 0 Å². The van der Waals surface area contributed by atoms with Crippen molar-refractivity contribution < 1.29 is 9.59 Å². The lowest BCUT2D eigenvalue weighted by atomic mass is 9.95. The summed E-state index contributed by atoms with van der Waals surface area (Å²) in [5.41, 5.74) is 0.519. The van der Waals surface area contributed by atoms with Crippen LogP contribution in [0.25, 0.3) is 0 Å². The summed E-state index contributed by atoms with van der Waals surface area (Å²) in [6.07, 6.45) is 3.72. The molecule has 4 nitrogen and oxygen atoms in total. The second-order valence-corrected chi connectivity index (χ2v) is 7.55. The third-order valence-corrected chi connectivity index (χ3v) is 5.53. The van der Waals surface area contributed by atoms with Crippen molar-refractivity contribution in [2.24, 2.45) is 5.92 Å². The van der Waals surface area contributed by atoms with Gasteiger partial charge in [-0.2, -0.15) is 0 Å². The summed E-state index contributed by atoms with van der Waals surface area (Å²) in [7, 11) is 0. The Morgan fingerprint density at radius 3 is 2.35 bits per heavy atom. The van der Waals surface area contributed by atoms with E-state index in [-0.39, 0.29) is 17.7 Å². The number of halogens is 2. The lowest BCUT2D eigenvalue weighted by Crippen LogP contribution is -2.43. The van der Waals surface area contributed by atoms with Crippen LogP contribution < -0.4 is 0 Å². The number of carbonyl (C=O) groups excluding carboxylic acids is 2. The highest BCUT2D eigenvalue weighted by Gasteiger charge is 2.31. The van der Waals surface area contributed by atoms with Crippen molar-refractivity contribution in [3.05, 3.63) is 33.3 Å². The molecule has 0 N–H and O–H groups in total. The number of carbonyl (C=O) groups is 2. The van der Waals surface area contributed by atoms with Crippen LogP contribution in [0, 0.1) is 5.92 Å². The highest BCUT2D eigenvalue weighted by atomic mass is 79.9. The van der Waals surface area contributed by atoms with Gasteiger partial charge in [-0.1, -0.05) is 27.5 Å². The first-order valence-corrected chi connectivity index (χ1v) is 9.26. The second kappa shape index (κ2) is 7.22. The number of nitrogens with zero attached hydrogens (tertiary/aromatic N) is 2. The van der Waals surface area contributed by atoms with Crippen LogP contribution in [0.5, 0.6) is 0 Å². The fraction of sp³-hybridized carbons (Fsp3) is 0.529. The third-order valence-electron chi connectivity index (χ3n) is 4.71. The quantitative estimate of drug-likeness (QED) is 0.763. The molecule has 0 radical (unpaired) electrons. The minimum atomic E-state index is -0.0524. The number of amides is 2. The van der Waals surface area contributed by atoms with Gasteiger partial charge < -0.3 is 9.80 Å². The van der Waals surface area contributed by atoms with Crippen molar-refractivity contribution >= 4 is 39.3 Å². The Morgan fingerprint density at radius 1 is 1.04 bits per heavy atom. The van der Waals surface area contributed by atoms with E-state index in [1.807, 2.05) is 11.0 Å². The minimum Gasteiger partial charge on any atom is -0.342 e. The summed E-state index contributed by atoms with van der Waals surface area (Å²) in [5.74, 6) is 0.286. The Kier molecular flexibility index (Phi) is 5.27. The molecule has 23 heavy (non-hydrogen) atoms. The summed E-state index contributed by atoms with van der Waals surface area (Å²) in [6, 6.07) is 5.30. The van der Waals surface area contributed by atoms with E-state index < -0.39 is 0 Å². The molecule has 0 aliphatic carbocycles. The van der Waals surface area contributed by atoms with E-state index in [4.69, 9.17) is 11.6 Å². The monoisotopic (exact) mass is 398 g/mol. The highest BCUT2D eigenvalue weighted by molar-refractivity contribution is 9.10. The molecule has 2 heterocycles. The number of piperidine rings is 1. The smallest absolute Gasteiger partial charge is 0.255 e. The van der Waals surface area contributed by atoms with Crippen LogP contribution in [-0.4, -0.2) is 47.8 Å². The number of hydrogen-bond donors (Lipinski definition) is 0. The Balaban J connectivity index is 1.61. The molecule has 2 aliphatic heterocycles. The van der Waals surface area contributed by atoms with Crippen LogP contribution >= 0.6 is 27.5 Å². The first-order chi connectivity index (χ1) is 11.1. The number of benzene rings is 1. The van der Waals surface area contributed by atoms with Crippen LogP contribution in [0.15, 0.2) is 22.7 Å². The molecular formula is C17H20BrClN2O2. The first kappa shape index (κ1) is 16.8. The molecule has 1 aromatic carbocycles. The molecule has 3 rings (SSSR count). The zero-order valence-electron chi connectivity index (χ0n) is 12.9. The average molecular weight is 400 g/mol. The van der Waals surface area contributed by atoms with E-state index in [2.05, 4.69) is 15.9 Å². The van der Waals surface area contributed by atoms with Crippen LogP contribution in [-0.2, 0) is 4.79 Å². The molecule has 0 bridgehead atoms. The van der Waals surface area contributed by atoms with Crippen molar-refractivity contribution in [3.8, 4) is 0 Å². The molecular weight excluding hydrogens is 380 g/mol. The number of hydrogen-bond acceptors (Lipinski definition) is 2. The molecule has 2 saturated heterocycles. The van der Waals surface area contributed by atoms with Gasteiger partial charge in [0.15, 0.2) is 0 Å². The number of likely N-dealkylation sites (tertiary alicyclic amines) is 2. The molecule has 0 atom stereocenters. The molecule has 0 aromatic heterocycles. The third kappa shape index (κ3) is 3.72. The first-order valence-electron chi connectivity index (χ1n) is 8.09. The van der Waals surface area contributed by atoms with Crippen molar-refractivity contribution in [1.29, 1.82) is 0 Å². The summed E-state index contributed by atoms with van der Waals surface area (Å²) < 4.78 is 0.837. The molecule has 6 heteroatoms. The van der Waals surface area contributed by atoms with Gasteiger partial charge in [0.1, 0.15) is 0 Å². The van der Waals surface area contributed by atoms with Crippen molar-refractivity contribution in [2.45, 2.75) is 25.7 Å². The van der Waals surface area contributed by atoms with Gasteiger partial charge in [-0.3, -0.25) is 9.59 Å². The van der Waals surface area contributed by atoms with Gasteiger partial charge >= 0.3 is 0 Å². The molecule has 2 aliphatic rings. The van der Waals surface area contributed by atoms with Gasteiger partial charge in [0.05, 0.1) is 10.6 Å².